The van der Waals surface area contributed by atoms with Gasteiger partial charge in [-0.1, -0.05) is 0 Å². The van der Waals surface area contributed by atoms with Crippen molar-refractivity contribution in [1.82, 2.24) is 15.3 Å². The van der Waals surface area contributed by atoms with Gasteiger partial charge < -0.3 is 10.6 Å². The van der Waals surface area contributed by atoms with E-state index in [1.54, 1.807) is 17.5 Å². The van der Waals surface area contributed by atoms with Crippen molar-refractivity contribution < 1.29 is 0 Å². The minimum Gasteiger partial charge on any atom is -0.316 e. The van der Waals surface area contributed by atoms with Gasteiger partial charge in [0, 0.05) is 22.1 Å². The molecule has 0 aliphatic heterocycles. The number of hydrogen-bond donors (Lipinski definition) is 2. The maximum Gasteiger partial charge on any atom is 0.188 e. The highest BCUT2D eigenvalue weighted by molar-refractivity contribution is 9.10. The molecular weight excluding hydrogens is 300 g/mol. The highest BCUT2D eigenvalue weighted by Gasteiger charge is 2.08. The Bertz CT molecular complexity index is 482. The number of halogens is 1. The first-order valence-electron chi connectivity index (χ1n) is 5.20. The van der Waals surface area contributed by atoms with Crippen LogP contribution < -0.4 is 10.6 Å². The van der Waals surface area contributed by atoms with Crippen molar-refractivity contribution in [2.24, 2.45) is 0 Å². The van der Waals surface area contributed by atoms with Crippen LogP contribution in [0.5, 0.6) is 0 Å². The topological polar surface area (TPSA) is 49.8 Å². The van der Waals surface area contributed by atoms with E-state index in [4.69, 9.17) is 0 Å². The summed E-state index contributed by atoms with van der Waals surface area (Å²) in [5.74, 6) is 0.797. The fourth-order valence-corrected chi connectivity index (χ4v) is 2.30. The van der Waals surface area contributed by atoms with Gasteiger partial charge in [0.1, 0.15) is 5.82 Å². The van der Waals surface area contributed by atoms with Gasteiger partial charge in [-0.25, -0.2) is 9.97 Å². The van der Waals surface area contributed by atoms with Gasteiger partial charge in [0.15, 0.2) is 5.13 Å². The molecule has 2 aromatic rings. The number of nitrogens with one attached hydrogen (secondary N) is 2. The lowest BCUT2D eigenvalue weighted by molar-refractivity contribution is 0.637. The largest absolute Gasteiger partial charge is 0.316 e. The van der Waals surface area contributed by atoms with Crippen LogP contribution in [0, 0.1) is 0 Å². The molecule has 2 heterocycles. The number of thiazole rings is 1. The molecule has 0 aliphatic rings. The minimum atomic E-state index is 0.264. The van der Waals surface area contributed by atoms with Crippen LogP contribution in [0.15, 0.2) is 28.2 Å². The summed E-state index contributed by atoms with van der Waals surface area (Å²) in [5.41, 5.74) is 1.04. The third-order valence-corrected chi connectivity index (χ3v) is 3.61. The molecule has 0 aromatic carbocycles. The molecule has 0 aliphatic carbocycles. The van der Waals surface area contributed by atoms with Gasteiger partial charge in [-0.05, 0) is 42.0 Å². The van der Waals surface area contributed by atoms with E-state index < -0.39 is 0 Å². The first-order chi connectivity index (χ1) is 8.19. The van der Waals surface area contributed by atoms with Gasteiger partial charge in [0.25, 0.3) is 0 Å². The van der Waals surface area contributed by atoms with Crippen LogP contribution in [0.4, 0.5) is 10.9 Å². The van der Waals surface area contributed by atoms with Gasteiger partial charge in [-0.3, -0.25) is 0 Å². The molecule has 4 nitrogen and oxygen atoms in total. The predicted octanol–water partition coefficient (Wildman–Crippen LogP) is 3.32. The third-order valence-electron chi connectivity index (χ3n) is 2.36. The van der Waals surface area contributed by atoms with E-state index in [1.807, 2.05) is 24.6 Å². The first-order valence-corrected chi connectivity index (χ1v) is 6.87. The Kier molecular flexibility index (Phi) is 4.09. The molecule has 0 saturated heterocycles. The first kappa shape index (κ1) is 12.5. The molecule has 0 radical (unpaired) electrons. The summed E-state index contributed by atoms with van der Waals surface area (Å²) in [4.78, 5) is 8.73. The number of anilines is 2. The zero-order valence-corrected chi connectivity index (χ0v) is 12.0. The Hall–Kier alpha value is -0.980. The fourth-order valence-electron chi connectivity index (χ4n) is 1.25. The molecule has 1 atom stereocenters. The van der Waals surface area contributed by atoms with Crippen LogP contribution >= 0.6 is 27.3 Å². The molecular formula is C11H13BrN4S. The van der Waals surface area contributed by atoms with Crippen molar-refractivity contribution >= 4 is 38.2 Å². The molecule has 6 heteroatoms. The molecule has 0 saturated carbocycles. The molecule has 2 rings (SSSR count). The number of rotatable bonds is 4. The fraction of sp³-hybridized carbons (Fsp3) is 0.273. The zero-order chi connectivity index (χ0) is 12.3. The zero-order valence-electron chi connectivity index (χ0n) is 9.57. The molecule has 90 valence electrons. The smallest absolute Gasteiger partial charge is 0.188 e. The average molecular weight is 313 g/mol. The minimum absolute atomic E-state index is 0.264. The van der Waals surface area contributed by atoms with E-state index in [2.05, 4.69) is 43.5 Å². The highest BCUT2D eigenvalue weighted by Crippen LogP contribution is 2.23. The second-order valence-corrected chi connectivity index (χ2v) is 5.35. The van der Waals surface area contributed by atoms with Crippen LogP contribution in [0.2, 0.25) is 0 Å². The molecule has 2 N–H and O–H groups in total. The van der Waals surface area contributed by atoms with Gasteiger partial charge >= 0.3 is 0 Å². The van der Waals surface area contributed by atoms with E-state index in [9.17, 15) is 0 Å². The lowest BCUT2D eigenvalue weighted by atomic mass is 10.3. The molecule has 0 fully saturated rings. The summed E-state index contributed by atoms with van der Waals surface area (Å²) in [7, 11) is 1.92. The molecule has 0 amide bonds. The number of nitrogens with zero attached hydrogens (tertiary/aromatic N) is 2. The van der Waals surface area contributed by atoms with E-state index in [-0.39, 0.29) is 6.04 Å². The quantitative estimate of drug-likeness (QED) is 0.909. The molecule has 1 unspecified atom stereocenters. The van der Waals surface area contributed by atoms with Crippen molar-refractivity contribution in [3.8, 4) is 0 Å². The van der Waals surface area contributed by atoms with Gasteiger partial charge in [0.2, 0.25) is 0 Å². The Balaban J connectivity index is 2.08. The Labute approximate surface area is 113 Å². The van der Waals surface area contributed by atoms with Crippen molar-refractivity contribution in [3.05, 3.63) is 33.9 Å². The van der Waals surface area contributed by atoms with Gasteiger partial charge in [0.05, 0.1) is 5.69 Å². The van der Waals surface area contributed by atoms with Crippen molar-refractivity contribution in [3.63, 3.8) is 0 Å². The van der Waals surface area contributed by atoms with Crippen molar-refractivity contribution in [2.45, 2.75) is 13.0 Å². The number of pyridine rings is 1. The monoisotopic (exact) mass is 312 g/mol. The van der Waals surface area contributed by atoms with E-state index in [0.29, 0.717) is 0 Å². The summed E-state index contributed by atoms with van der Waals surface area (Å²) >= 11 is 4.93. The molecule has 0 bridgehead atoms. The van der Waals surface area contributed by atoms with E-state index in [0.717, 1.165) is 21.1 Å². The maximum atomic E-state index is 4.49. The predicted molar refractivity (Wildman–Crippen MR) is 74.8 cm³/mol. The summed E-state index contributed by atoms with van der Waals surface area (Å²) in [6.45, 7) is 2.08. The Morgan fingerprint density at radius 3 is 2.88 bits per heavy atom. The number of hydrogen-bond acceptors (Lipinski definition) is 5. The second kappa shape index (κ2) is 5.57. The van der Waals surface area contributed by atoms with Crippen LogP contribution in [-0.2, 0) is 0 Å². The van der Waals surface area contributed by atoms with Crippen LogP contribution in [0.3, 0.4) is 0 Å². The molecule has 0 spiro atoms. The highest BCUT2D eigenvalue weighted by atomic mass is 79.9. The summed E-state index contributed by atoms with van der Waals surface area (Å²) in [6.07, 6.45) is 1.76. The van der Waals surface area contributed by atoms with Crippen LogP contribution in [0.1, 0.15) is 18.7 Å². The van der Waals surface area contributed by atoms with Crippen LogP contribution in [-0.4, -0.2) is 17.0 Å². The lowest BCUT2D eigenvalue weighted by Crippen LogP contribution is -2.12. The van der Waals surface area contributed by atoms with Crippen molar-refractivity contribution in [1.29, 1.82) is 0 Å². The maximum absolute atomic E-state index is 4.49. The van der Waals surface area contributed by atoms with Crippen LogP contribution in [0.25, 0.3) is 0 Å². The summed E-state index contributed by atoms with van der Waals surface area (Å²) < 4.78 is 0.965. The lowest BCUT2D eigenvalue weighted by Gasteiger charge is -2.05. The third kappa shape index (κ3) is 3.24. The van der Waals surface area contributed by atoms with Gasteiger partial charge in [-0.15, -0.1) is 11.3 Å². The van der Waals surface area contributed by atoms with E-state index >= 15 is 0 Å². The molecule has 2 aromatic heterocycles. The van der Waals surface area contributed by atoms with Crippen molar-refractivity contribution in [2.75, 3.05) is 12.4 Å². The SMILES string of the molecule is CNC(C)c1csc(Nc2ccc(Br)cn2)n1. The number of aromatic nitrogens is 2. The Morgan fingerprint density at radius 2 is 2.24 bits per heavy atom. The summed E-state index contributed by atoms with van der Waals surface area (Å²) in [5, 5.41) is 9.24. The standard InChI is InChI=1S/C11H13BrN4S/c1-7(13-2)9-6-17-11(15-9)16-10-4-3-8(12)5-14-10/h3-7,13H,1-2H3,(H,14,15,16). The molecule has 17 heavy (non-hydrogen) atoms. The average Bonchev–Trinajstić information content (AvgIpc) is 2.80. The van der Waals surface area contributed by atoms with E-state index in [1.165, 1.54) is 0 Å². The summed E-state index contributed by atoms with van der Waals surface area (Å²) in [6, 6.07) is 4.12. The second-order valence-electron chi connectivity index (χ2n) is 3.57. The normalized spacial score (nSPS) is 12.4. The van der Waals surface area contributed by atoms with Gasteiger partial charge in [-0.2, -0.15) is 0 Å². The Morgan fingerprint density at radius 1 is 1.41 bits per heavy atom.